The van der Waals surface area contributed by atoms with Crippen molar-refractivity contribution in [3.05, 3.63) is 33.9 Å². The van der Waals surface area contributed by atoms with Crippen molar-refractivity contribution in [2.45, 2.75) is 18.0 Å². The first-order valence-electron chi connectivity index (χ1n) is 4.24. The van der Waals surface area contributed by atoms with Gasteiger partial charge in [0.05, 0.1) is 10.7 Å². The summed E-state index contributed by atoms with van der Waals surface area (Å²) in [4.78, 5) is 10.1. The standard InChI is InChI=1S/C9H8F3NO2S/c1-6-2-3-7(13(14)15)4-8(6)16-5-9(10,11)12/h2-4H,5H2,1H3. The van der Waals surface area contributed by atoms with Crippen molar-refractivity contribution in [2.24, 2.45) is 0 Å². The van der Waals surface area contributed by atoms with E-state index >= 15 is 0 Å². The Hall–Kier alpha value is -1.24. The molecule has 16 heavy (non-hydrogen) atoms. The van der Waals surface area contributed by atoms with Crippen LogP contribution in [0.2, 0.25) is 0 Å². The quantitative estimate of drug-likeness (QED) is 0.468. The molecule has 0 heterocycles. The number of nitro groups is 1. The van der Waals surface area contributed by atoms with Crippen molar-refractivity contribution in [3.8, 4) is 0 Å². The van der Waals surface area contributed by atoms with E-state index in [4.69, 9.17) is 0 Å². The predicted octanol–water partition coefficient (Wildman–Crippen LogP) is 3.56. The minimum atomic E-state index is -4.28. The molecule has 0 bridgehead atoms. The summed E-state index contributed by atoms with van der Waals surface area (Å²) in [6, 6.07) is 3.87. The van der Waals surface area contributed by atoms with Crippen LogP contribution in [0.1, 0.15) is 5.56 Å². The number of alkyl halides is 3. The van der Waals surface area contributed by atoms with Crippen LogP contribution in [0.3, 0.4) is 0 Å². The van der Waals surface area contributed by atoms with E-state index in [-0.39, 0.29) is 10.6 Å². The molecular weight excluding hydrogens is 243 g/mol. The van der Waals surface area contributed by atoms with Crippen LogP contribution in [0.5, 0.6) is 0 Å². The summed E-state index contributed by atoms with van der Waals surface area (Å²) in [7, 11) is 0. The van der Waals surface area contributed by atoms with E-state index < -0.39 is 16.9 Å². The number of non-ortho nitro benzene ring substituents is 1. The van der Waals surface area contributed by atoms with Gasteiger partial charge in [0.25, 0.3) is 5.69 Å². The van der Waals surface area contributed by atoms with Gasteiger partial charge < -0.3 is 0 Å². The summed E-state index contributed by atoms with van der Waals surface area (Å²) in [5.74, 6) is -1.05. The summed E-state index contributed by atoms with van der Waals surface area (Å²) in [5.41, 5.74) is 0.398. The van der Waals surface area contributed by atoms with E-state index in [9.17, 15) is 23.3 Å². The highest BCUT2D eigenvalue weighted by molar-refractivity contribution is 7.99. The van der Waals surface area contributed by atoms with Gasteiger partial charge in [-0.15, -0.1) is 11.8 Å². The van der Waals surface area contributed by atoms with E-state index in [1.165, 1.54) is 12.1 Å². The Bertz CT molecular complexity index is 406. The number of benzene rings is 1. The predicted molar refractivity (Wildman–Crippen MR) is 54.6 cm³/mol. The van der Waals surface area contributed by atoms with E-state index in [1.807, 2.05) is 0 Å². The highest BCUT2D eigenvalue weighted by Gasteiger charge is 2.27. The molecule has 0 spiro atoms. The second-order valence-corrected chi connectivity index (χ2v) is 4.13. The maximum atomic E-state index is 12.0. The van der Waals surface area contributed by atoms with Crippen LogP contribution in [0, 0.1) is 17.0 Å². The van der Waals surface area contributed by atoms with Crippen molar-refractivity contribution in [3.63, 3.8) is 0 Å². The molecule has 0 aliphatic heterocycles. The molecule has 3 nitrogen and oxygen atoms in total. The largest absolute Gasteiger partial charge is 0.398 e. The number of hydrogen-bond acceptors (Lipinski definition) is 3. The van der Waals surface area contributed by atoms with E-state index in [0.717, 1.165) is 6.07 Å². The Kier molecular flexibility index (Phi) is 3.79. The highest BCUT2D eigenvalue weighted by atomic mass is 32.2. The lowest BCUT2D eigenvalue weighted by molar-refractivity contribution is -0.385. The Morgan fingerprint density at radius 3 is 2.56 bits per heavy atom. The third-order valence-corrected chi connectivity index (χ3v) is 3.00. The van der Waals surface area contributed by atoms with Crippen LogP contribution in [0.15, 0.2) is 23.1 Å². The molecule has 0 unspecified atom stereocenters. The van der Waals surface area contributed by atoms with Crippen LogP contribution in [0.25, 0.3) is 0 Å². The summed E-state index contributed by atoms with van der Waals surface area (Å²) >= 11 is 0.556. The monoisotopic (exact) mass is 251 g/mol. The molecule has 0 aromatic heterocycles. The maximum absolute atomic E-state index is 12.0. The lowest BCUT2D eigenvalue weighted by Gasteiger charge is -2.07. The number of aryl methyl sites for hydroxylation is 1. The van der Waals surface area contributed by atoms with Gasteiger partial charge in [0.15, 0.2) is 0 Å². The Balaban J connectivity index is 2.86. The number of nitrogens with zero attached hydrogens (tertiary/aromatic N) is 1. The zero-order valence-electron chi connectivity index (χ0n) is 8.25. The Morgan fingerprint density at radius 2 is 2.06 bits per heavy atom. The molecular formula is C9H8F3NO2S. The van der Waals surface area contributed by atoms with Crippen LogP contribution in [-0.4, -0.2) is 16.9 Å². The van der Waals surface area contributed by atoms with E-state index in [0.29, 0.717) is 17.3 Å². The summed E-state index contributed by atoms with van der Waals surface area (Å²) < 4.78 is 35.9. The molecule has 0 atom stereocenters. The van der Waals surface area contributed by atoms with Crippen molar-refractivity contribution in [2.75, 3.05) is 5.75 Å². The number of nitro benzene ring substituents is 1. The van der Waals surface area contributed by atoms with Gasteiger partial charge in [-0.25, -0.2) is 0 Å². The summed E-state index contributed by atoms with van der Waals surface area (Å²) in [6.45, 7) is 1.61. The third kappa shape index (κ3) is 3.73. The molecule has 0 saturated heterocycles. The molecule has 88 valence electrons. The lowest BCUT2D eigenvalue weighted by Crippen LogP contribution is -2.10. The SMILES string of the molecule is Cc1ccc([N+](=O)[O-])cc1SCC(F)(F)F. The van der Waals surface area contributed by atoms with Crippen LogP contribution >= 0.6 is 11.8 Å². The first kappa shape index (κ1) is 12.8. The average molecular weight is 251 g/mol. The Morgan fingerprint density at radius 1 is 1.44 bits per heavy atom. The van der Waals surface area contributed by atoms with Crippen molar-refractivity contribution < 1.29 is 18.1 Å². The topological polar surface area (TPSA) is 43.1 Å². The zero-order valence-corrected chi connectivity index (χ0v) is 9.06. The molecule has 7 heteroatoms. The minimum Gasteiger partial charge on any atom is -0.258 e. The molecule has 0 saturated carbocycles. The number of halogens is 3. The first-order valence-corrected chi connectivity index (χ1v) is 5.23. The van der Waals surface area contributed by atoms with Gasteiger partial charge in [-0.1, -0.05) is 6.07 Å². The molecule has 1 rings (SSSR count). The summed E-state index contributed by atoms with van der Waals surface area (Å²) in [6.07, 6.45) is -4.28. The lowest BCUT2D eigenvalue weighted by atomic mass is 10.2. The molecule has 0 N–H and O–H groups in total. The summed E-state index contributed by atoms with van der Waals surface area (Å²) in [5, 5.41) is 10.4. The van der Waals surface area contributed by atoms with Gasteiger partial charge in [-0.2, -0.15) is 13.2 Å². The molecule has 0 amide bonds. The first-order chi connectivity index (χ1) is 7.29. The van der Waals surface area contributed by atoms with Gasteiger partial charge in [-0.05, 0) is 12.5 Å². The van der Waals surface area contributed by atoms with Gasteiger partial charge in [0.2, 0.25) is 0 Å². The van der Waals surface area contributed by atoms with Crippen molar-refractivity contribution in [1.29, 1.82) is 0 Å². The maximum Gasteiger partial charge on any atom is 0.398 e. The minimum absolute atomic E-state index is 0.199. The van der Waals surface area contributed by atoms with Crippen LogP contribution in [-0.2, 0) is 0 Å². The molecule has 0 aliphatic rings. The normalized spacial score (nSPS) is 11.5. The average Bonchev–Trinajstić information content (AvgIpc) is 2.14. The Labute approximate surface area is 93.8 Å². The van der Waals surface area contributed by atoms with Crippen molar-refractivity contribution >= 4 is 17.4 Å². The van der Waals surface area contributed by atoms with Gasteiger partial charge >= 0.3 is 6.18 Å². The van der Waals surface area contributed by atoms with Crippen LogP contribution < -0.4 is 0 Å². The smallest absolute Gasteiger partial charge is 0.258 e. The van der Waals surface area contributed by atoms with Gasteiger partial charge in [0.1, 0.15) is 0 Å². The fourth-order valence-electron chi connectivity index (χ4n) is 1.02. The molecule has 0 aliphatic carbocycles. The highest BCUT2D eigenvalue weighted by Crippen LogP contribution is 2.31. The zero-order chi connectivity index (χ0) is 12.3. The van der Waals surface area contributed by atoms with Gasteiger partial charge in [0, 0.05) is 17.0 Å². The third-order valence-electron chi connectivity index (χ3n) is 1.77. The second-order valence-electron chi connectivity index (χ2n) is 3.11. The van der Waals surface area contributed by atoms with Gasteiger partial charge in [-0.3, -0.25) is 10.1 Å². The van der Waals surface area contributed by atoms with Crippen LogP contribution in [0.4, 0.5) is 18.9 Å². The van der Waals surface area contributed by atoms with E-state index in [2.05, 4.69) is 0 Å². The fourth-order valence-corrected chi connectivity index (χ4v) is 1.84. The molecule has 1 aromatic rings. The number of thioether (sulfide) groups is 1. The molecule has 0 fully saturated rings. The number of hydrogen-bond donors (Lipinski definition) is 0. The second kappa shape index (κ2) is 4.73. The fraction of sp³-hybridized carbons (Fsp3) is 0.333. The van der Waals surface area contributed by atoms with E-state index in [1.54, 1.807) is 6.92 Å². The molecule has 0 radical (unpaired) electrons. The molecule has 1 aromatic carbocycles. The van der Waals surface area contributed by atoms with Crippen molar-refractivity contribution in [1.82, 2.24) is 0 Å². The number of rotatable bonds is 3.